The number of amides is 1. The van der Waals surface area contributed by atoms with Crippen LogP contribution in [0.15, 0.2) is 0 Å². The third-order valence-electron chi connectivity index (χ3n) is 3.08. The number of nitrogens with one attached hydrogen (secondary N) is 1. The van der Waals surface area contributed by atoms with Crippen LogP contribution >= 0.6 is 0 Å². The molecule has 1 atom stereocenters. The van der Waals surface area contributed by atoms with E-state index in [1.807, 2.05) is 13.8 Å². The van der Waals surface area contributed by atoms with E-state index in [4.69, 9.17) is 5.26 Å². The minimum absolute atomic E-state index is 0.00782. The molecule has 1 N–H and O–H groups in total. The van der Waals surface area contributed by atoms with Gasteiger partial charge in [0.15, 0.2) is 0 Å². The van der Waals surface area contributed by atoms with Crippen LogP contribution in [0.25, 0.3) is 0 Å². The second-order valence-corrected chi connectivity index (χ2v) is 5.90. The fraction of sp³-hybridized carbons (Fsp3) is 0.846. The summed E-state index contributed by atoms with van der Waals surface area (Å²) < 4.78 is 0. The van der Waals surface area contributed by atoms with Crippen molar-refractivity contribution in [3.63, 3.8) is 0 Å². The Bertz CT molecular complexity index is 317. The topological polar surface area (TPSA) is 56.1 Å². The average molecular weight is 237 g/mol. The Morgan fingerprint density at radius 1 is 1.59 bits per heavy atom. The van der Waals surface area contributed by atoms with Gasteiger partial charge < -0.3 is 5.32 Å². The number of hydrogen-bond donors (Lipinski definition) is 1. The molecule has 0 aliphatic carbocycles. The predicted molar refractivity (Wildman–Crippen MR) is 67.3 cm³/mol. The molecule has 0 spiro atoms. The SMILES string of the molecule is CC(C)CCN1CC(C)(C)NC(=O)C1CC#N. The number of rotatable bonds is 4. The lowest BCUT2D eigenvalue weighted by Crippen LogP contribution is -2.64. The van der Waals surface area contributed by atoms with Gasteiger partial charge in [-0.15, -0.1) is 0 Å². The van der Waals surface area contributed by atoms with E-state index in [1.165, 1.54) is 0 Å². The Kier molecular flexibility index (Phi) is 4.53. The molecule has 4 heteroatoms. The molecule has 17 heavy (non-hydrogen) atoms. The standard InChI is InChI=1S/C13H23N3O/c1-10(2)6-8-16-9-13(3,4)15-12(17)11(16)5-7-14/h10-11H,5-6,8-9H2,1-4H3,(H,15,17). The van der Waals surface area contributed by atoms with Crippen molar-refractivity contribution in [1.82, 2.24) is 10.2 Å². The molecule has 96 valence electrons. The van der Waals surface area contributed by atoms with E-state index in [0.717, 1.165) is 19.5 Å². The number of nitriles is 1. The molecule has 0 aromatic heterocycles. The maximum Gasteiger partial charge on any atom is 0.238 e. The first kappa shape index (κ1) is 14.0. The van der Waals surface area contributed by atoms with E-state index in [1.54, 1.807) is 0 Å². The first-order valence-electron chi connectivity index (χ1n) is 6.29. The summed E-state index contributed by atoms with van der Waals surface area (Å²) >= 11 is 0. The number of piperazine rings is 1. The Balaban J connectivity index is 2.72. The molecule has 0 saturated carbocycles. The van der Waals surface area contributed by atoms with Crippen molar-refractivity contribution < 1.29 is 4.79 Å². The molecule has 1 aliphatic rings. The van der Waals surface area contributed by atoms with Crippen LogP contribution in [0.1, 0.15) is 40.5 Å². The normalized spacial score (nSPS) is 24.5. The van der Waals surface area contributed by atoms with Gasteiger partial charge in [0.25, 0.3) is 0 Å². The van der Waals surface area contributed by atoms with Crippen LogP contribution in [0, 0.1) is 17.2 Å². The van der Waals surface area contributed by atoms with Crippen LogP contribution in [-0.4, -0.2) is 35.5 Å². The molecular formula is C13H23N3O. The van der Waals surface area contributed by atoms with Gasteiger partial charge in [-0.25, -0.2) is 0 Å². The lowest BCUT2D eigenvalue weighted by Gasteiger charge is -2.43. The highest BCUT2D eigenvalue weighted by atomic mass is 16.2. The van der Waals surface area contributed by atoms with Crippen molar-refractivity contribution in [2.24, 2.45) is 5.92 Å². The van der Waals surface area contributed by atoms with Gasteiger partial charge in [-0.05, 0) is 32.7 Å². The minimum atomic E-state index is -0.272. The fourth-order valence-corrected chi connectivity index (χ4v) is 2.21. The van der Waals surface area contributed by atoms with E-state index in [0.29, 0.717) is 5.92 Å². The zero-order valence-electron chi connectivity index (χ0n) is 11.3. The summed E-state index contributed by atoms with van der Waals surface area (Å²) in [5.41, 5.74) is -0.194. The molecule has 0 aromatic carbocycles. The van der Waals surface area contributed by atoms with Crippen molar-refractivity contribution in [2.75, 3.05) is 13.1 Å². The molecule has 1 rings (SSSR count). The quantitative estimate of drug-likeness (QED) is 0.806. The molecule has 0 radical (unpaired) electrons. The number of nitrogens with zero attached hydrogens (tertiary/aromatic N) is 2. The molecule has 4 nitrogen and oxygen atoms in total. The van der Waals surface area contributed by atoms with Gasteiger partial charge in [0, 0.05) is 12.1 Å². The van der Waals surface area contributed by atoms with Crippen LogP contribution in [0.5, 0.6) is 0 Å². The maximum atomic E-state index is 12.0. The van der Waals surface area contributed by atoms with E-state index >= 15 is 0 Å². The summed E-state index contributed by atoms with van der Waals surface area (Å²) in [5, 5.41) is 11.8. The predicted octanol–water partition coefficient (Wildman–Crippen LogP) is 1.53. The number of carbonyl (C=O) groups excluding carboxylic acids is 1. The summed E-state index contributed by atoms with van der Waals surface area (Å²) in [7, 11) is 0. The van der Waals surface area contributed by atoms with Gasteiger partial charge in [0.05, 0.1) is 12.5 Å². The minimum Gasteiger partial charge on any atom is -0.349 e. The van der Waals surface area contributed by atoms with Crippen molar-refractivity contribution in [2.45, 2.75) is 52.1 Å². The first-order valence-corrected chi connectivity index (χ1v) is 6.29. The Labute approximate surface area is 104 Å². The fourth-order valence-electron chi connectivity index (χ4n) is 2.21. The molecule has 1 saturated heterocycles. The van der Waals surface area contributed by atoms with Gasteiger partial charge in [0.1, 0.15) is 6.04 Å². The zero-order valence-corrected chi connectivity index (χ0v) is 11.3. The third kappa shape index (κ3) is 4.01. The number of hydrogen-bond acceptors (Lipinski definition) is 3. The summed E-state index contributed by atoms with van der Waals surface area (Å²) in [6.45, 7) is 10.1. The van der Waals surface area contributed by atoms with Gasteiger partial charge in [-0.2, -0.15) is 5.26 Å². The molecule has 1 fully saturated rings. The van der Waals surface area contributed by atoms with E-state index in [9.17, 15) is 4.79 Å². The van der Waals surface area contributed by atoms with Crippen molar-refractivity contribution in [3.8, 4) is 6.07 Å². The summed E-state index contributed by atoms with van der Waals surface area (Å²) in [6, 6.07) is 1.84. The third-order valence-corrected chi connectivity index (χ3v) is 3.08. The Morgan fingerprint density at radius 3 is 2.76 bits per heavy atom. The smallest absolute Gasteiger partial charge is 0.238 e. The molecule has 0 bridgehead atoms. The maximum absolute atomic E-state index is 12.0. The first-order chi connectivity index (χ1) is 7.85. The highest BCUT2D eigenvalue weighted by molar-refractivity contribution is 5.83. The Morgan fingerprint density at radius 2 is 2.24 bits per heavy atom. The molecule has 0 aromatic rings. The molecule has 1 aliphatic heterocycles. The van der Waals surface area contributed by atoms with Crippen LogP contribution in [0.2, 0.25) is 0 Å². The van der Waals surface area contributed by atoms with Crippen LogP contribution in [0.3, 0.4) is 0 Å². The zero-order chi connectivity index (χ0) is 13.1. The highest BCUT2D eigenvalue weighted by Crippen LogP contribution is 2.19. The van der Waals surface area contributed by atoms with E-state index in [2.05, 4.69) is 30.1 Å². The highest BCUT2D eigenvalue weighted by Gasteiger charge is 2.37. The summed E-state index contributed by atoms with van der Waals surface area (Å²) in [6.07, 6.45) is 1.34. The van der Waals surface area contributed by atoms with Crippen molar-refractivity contribution >= 4 is 5.91 Å². The largest absolute Gasteiger partial charge is 0.349 e. The van der Waals surface area contributed by atoms with Gasteiger partial charge >= 0.3 is 0 Å². The average Bonchev–Trinajstić information content (AvgIpc) is 2.18. The molecular weight excluding hydrogens is 214 g/mol. The van der Waals surface area contributed by atoms with E-state index < -0.39 is 0 Å². The second kappa shape index (κ2) is 5.50. The van der Waals surface area contributed by atoms with Crippen molar-refractivity contribution in [3.05, 3.63) is 0 Å². The lowest BCUT2D eigenvalue weighted by molar-refractivity contribution is -0.132. The lowest BCUT2D eigenvalue weighted by atomic mass is 9.96. The van der Waals surface area contributed by atoms with Crippen LogP contribution in [0.4, 0.5) is 0 Å². The monoisotopic (exact) mass is 237 g/mol. The van der Waals surface area contributed by atoms with E-state index in [-0.39, 0.29) is 23.9 Å². The molecule has 1 heterocycles. The second-order valence-electron chi connectivity index (χ2n) is 5.90. The van der Waals surface area contributed by atoms with Gasteiger partial charge in [-0.3, -0.25) is 9.69 Å². The van der Waals surface area contributed by atoms with Crippen LogP contribution in [-0.2, 0) is 4.79 Å². The van der Waals surface area contributed by atoms with Gasteiger partial charge in [-0.1, -0.05) is 13.8 Å². The van der Waals surface area contributed by atoms with Gasteiger partial charge in [0.2, 0.25) is 5.91 Å². The van der Waals surface area contributed by atoms with Crippen LogP contribution < -0.4 is 5.32 Å². The summed E-state index contributed by atoms with van der Waals surface area (Å²) in [4.78, 5) is 14.1. The Hall–Kier alpha value is -1.08. The van der Waals surface area contributed by atoms with Crippen molar-refractivity contribution in [1.29, 1.82) is 5.26 Å². The molecule has 1 amide bonds. The summed E-state index contributed by atoms with van der Waals surface area (Å²) in [5.74, 6) is 0.609. The molecule has 1 unspecified atom stereocenters. The number of carbonyl (C=O) groups is 1.